The molecule has 0 N–H and O–H groups in total. The van der Waals surface area contributed by atoms with Gasteiger partial charge < -0.3 is 9.31 Å². The second-order valence-electron chi connectivity index (χ2n) is 7.96. The average molecular weight is 328 g/mol. The highest BCUT2D eigenvalue weighted by Gasteiger charge is 2.51. The van der Waals surface area contributed by atoms with E-state index in [2.05, 4.69) is 18.8 Å². The summed E-state index contributed by atoms with van der Waals surface area (Å²) in [5, 5.41) is 0.624. The highest BCUT2D eigenvalue weighted by atomic mass is 16.7. The Morgan fingerprint density at radius 3 is 2.38 bits per heavy atom. The van der Waals surface area contributed by atoms with Crippen molar-refractivity contribution in [2.24, 2.45) is 5.92 Å². The van der Waals surface area contributed by atoms with Crippen LogP contribution in [0, 0.1) is 5.92 Å². The zero-order chi connectivity index (χ0) is 17.7. The summed E-state index contributed by atoms with van der Waals surface area (Å²) in [5.41, 5.74) is 0.776. The molecule has 0 saturated carbocycles. The summed E-state index contributed by atoms with van der Waals surface area (Å²) in [4.78, 5) is 17.0. The minimum atomic E-state index is -0.445. The molecule has 3 rings (SSSR count). The summed E-state index contributed by atoms with van der Waals surface area (Å²) >= 11 is 0. The summed E-state index contributed by atoms with van der Waals surface area (Å²) in [5.74, 6) is 0.394. The highest BCUT2D eigenvalue weighted by molar-refractivity contribution is 6.62. The van der Waals surface area contributed by atoms with Crippen LogP contribution in [0.4, 0.5) is 0 Å². The molecule has 1 saturated heterocycles. The van der Waals surface area contributed by atoms with E-state index >= 15 is 0 Å². The van der Waals surface area contributed by atoms with E-state index in [0.29, 0.717) is 23.4 Å². The summed E-state index contributed by atoms with van der Waals surface area (Å²) in [6.07, 6.45) is 1.62. The summed E-state index contributed by atoms with van der Waals surface area (Å²) in [7, 11) is -0.445. The maximum Gasteiger partial charge on any atom is 0.494 e. The van der Waals surface area contributed by atoms with Crippen LogP contribution in [0.15, 0.2) is 29.3 Å². The SMILES string of the molecule is CC(C)Cn1cnc2cc(B3OC(C)(C)C(C)(C)O3)ccc2c1=O. The average Bonchev–Trinajstić information content (AvgIpc) is 2.70. The van der Waals surface area contributed by atoms with Crippen molar-refractivity contribution in [3.8, 4) is 0 Å². The molecule has 0 aliphatic carbocycles. The molecule has 128 valence electrons. The Bertz CT molecular complexity index is 811. The van der Waals surface area contributed by atoms with Crippen LogP contribution >= 0.6 is 0 Å². The second kappa shape index (κ2) is 5.71. The number of hydrogen-bond donors (Lipinski definition) is 0. The first-order valence-electron chi connectivity index (χ1n) is 8.45. The van der Waals surface area contributed by atoms with E-state index in [-0.39, 0.29) is 16.8 Å². The normalized spacial score (nSPS) is 19.4. The van der Waals surface area contributed by atoms with Gasteiger partial charge in [-0.05, 0) is 51.2 Å². The monoisotopic (exact) mass is 328 g/mol. The number of hydrogen-bond acceptors (Lipinski definition) is 4. The van der Waals surface area contributed by atoms with Crippen LogP contribution in [-0.4, -0.2) is 27.9 Å². The smallest absolute Gasteiger partial charge is 0.399 e. The lowest BCUT2D eigenvalue weighted by atomic mass is 9.79. The number of fused-ring (bicyclic) bond motifs is 1. The predicted octanol–water partition coefficient (Wildman–Crippen LogP) is 2.35. The summed E-state index contributed by atoms with van der Waals surface area (Å²) in [6.45, 7) is 12.9. The molecule has 1 aromatic heterocycles. The lowest BCUT2D eigenvalue weighted by molar-refractivity contribution is 0.00578. The van der Waals surface area contributed by atoms with E-state index < -0.39 is 7.12 Å². The lowest BCUT2D eigenvalue weighted by Crippen LogP contribution is -2.41. The first-order valence-corrected chi connectivity index (χ1v) is 8.45. The molecule has 1 fully saturated rings. The molecule has 6 heteroatoms. The third kappa shape index (κ3) is 2.89. The summed E-state index contributed by atoms with van der Waals surface area (Å²) < 4.78 is 13.8. The molecule has 0 amide bonds. The van der Waals surface area contributed by atoms with E-state index in [1.165, 1.54) is 0 Å². The van der Waals surface area contributed by atoms with Crippen molar-refractivity contribution in [1.82, 2.24) is 9.55 Å². The Hall–Kier alpha value is -1.66. The lowest BCUT2D eigenvalue weighted by Gasteiger charge is -2.32. The van der Waals surface area contributed by atoms with E-state index in [0.717, 1.165) is 5.46 Å². The van der Waals surface area contributed by atoms with Crippen molar-refractivity contribution in [2.75, 3.05) is 0 Å². The maximum atomic E-state index is 12.6. The Morgan fingerprint density at radius 2 is 1.79 bits per heavy atom. The molecular formula is C18H25BN2O3. The van der Waals surface area contributed by atoms with Crippen LogP contribution in [0.1, 0.15) is 41.5 Å². The van der Waals surface area contributed by atoms with Gasteiger partial charge in [0.1, 0.15) is 0 Å². The number of nitrogens with zero attached hydrogens (tertiary/aromatic N) is 2. The molecule has 2 aromatic rings. The molecule has 0 atom stereocenters. The highest BCUT2D eigenvalue weighted by Crippen LogP contribution is 2.36. The van der Waals surface area contributed by atoms with Gasteiger partial charge >= 0.3 is 7.12 Å². The van der Waals surface area contributed by atoms with Gasteiger partial charge in [-0.2, -0.15) is 0 Å². The predicted molar refractivity (Wildman–Crippen MR) is 96.6 cm³/mol. The molecule has 2 heterocycles. The Kier molecular flexibility index (Phi) is 4.08. The molecule has 0 spiro atoms. The van der Waals surface area contributed by atoms with Gasteiger partial charge in [0.2, 0.25) is 0 Å². The Morgan fingerprint density at radius 1 is 1.17 bits per heavy atom. The van der Waals surface area contributed by atoms with Crippen LogP contribution in [0.2, 0.25) is 0 Å². The first kappa shape index (κ1) is 17.2. The largest absolute Gasteiger partial charge is 0.494 e. The molecule has 1 aliphatic heterocycles. The molecule has 1 aromatic carbocycles. The molecule has 5 nitrogen and oxygen atoms in total. The second-order valence-corrected chi connectivity index (χ2v) is 7.96. The van der Waals surface area contributed by atoms with Gasteiger partial charge in [-0.3, -0.25) is 9.36 Å². The van der Waals surface area contributed by atoms with Crippen molar-refractivity contribution >= 4 is 23.5 Å². The zero-order valence-corrected chi connectivity index (χ0v) is 15.3. The Balaban J connectivity index is 1.98. The molecule has 0 unspecified atom stereocenters. The maximum absolute atomic E-state index is 12.6. The quantitative estimate of drug-likeness (QED) is 0.812. The van der Waals surface area contributed by atoms with Gasteiger partial charge in [0.15, 0.2) is 0 Å². The van der Waals surface area contributed by atoms with Crippen LogP contribution in [0.25, 0.3) is 10.9 Å². The van der Waals surface area contributed by atoms with Crippen molar-refractivity contribution in [3.63, 3.8) is 0 Å². The number of benzene rings is 1. The van der Waals surface area contributed by atoms with Crippen molar-refractivity contribution in [1.29, 1.82) is 0 Å². The molecule has 0 radical (unpaired) electrons. The molecular weight excluding hydrogens is 303 g/mol. The van der Waals surface area contributed by atoms with Crippen LogP contribution in [0.5, 0.6) is 0 Å². The minimum Gasteiger partial charge on any atom is -0.399 e. The van der Waals surface area contributed by atoms with Gasteiger partial charge in [0.25, 0.3) is 5.56 Å². The third-order valence-corrected chi connectivity index (χ3v) is 4.94. The fourth-order valence-electron chi connectivity index (χ4n) is 2.82. The van der Waals surface area contributed by atoms with Crippen molar-refractivity contribution < 1.29 is 9.31 Å². The van der Waals surface area contributed by atoms with Gasteiger partial charge in [0.05, 0.1) is 28.4 Å². The number of aromatic nitrogens is 2. The van der Waals surface area contributed by atoms with E-state index in [9.17, 15) is 4.79 Å². The van der Waals surface area contributed by atoms with Crippen LogP contribution < -0.4 is 11.0 Å². The van der Waals surface area contributed by atoms with Crippen LogP contribution in [-0.2, 0) is 15.9 Å². The molecule has 0 bridgehead atoms. The van der Waals surface area contributed by atoms with Crippen LogP contribution in [0.3, 0.4) is 0 Å². The van der Waals surface area contributed by atoms with E-state index in [4.69, 9.17) is 9.31 Å². The van der Waals surface area contributed by atoms with E-state index in [1.54, 1.807) is 10.9 Å². The zero-order valence-electron chi connectivity index (χ0n) is 15.3. The van der Waals surface area contributed by atoms with Gasteiger partial charge in [0, 0.05) is 6.54 Å². The van der Waals surface area contributed by atoms with Crippen molar-refractivity contribution in [3.05, 3.63) is 34.9 Å². The summed E-state index contributed by atoms with van der Waals surface area (Å²) in [6, 6.07) is 5.60. The Labute approximate surface area is 143 Å². The standard InChI is InChI=1S/C18H25BN2O3/c1-12(2)10-21-11-20-15-9-13(7-8-14(15)16(21)22)19-23-17(3,4)18(5,6)24-19/h7-9,11-12H,10H2,1-6H3. The minimum absolute atomic E-state index is 0.00540. The third-order valence-electron chi connectivity index (χ3n) is 4.94. The molecule has 24 heavy (non-hydrogen) atoms. The molecule has 1 aliphatic rings. The van der Waals surface area contributed by atoms with Gasteiger partial charge in [-0.1, -0.05) is 19.9 Å². The fraction of sp³-hybridized carbons (Fsp3) is 0.556. The topological polar surface area (TPSA) is 53.4 Å². The fourth-order valence-corrected chi connectivity index (χ4v) is 2.82. The van der Waals surface area contributed by atoms with E-state index in [1.807, 2.05) is 45.9 Å². The number of rotatable bonds is 3. The first-order chi connectivity index (χ1) is 11.1. The van der Waals surface area contributed by atoms with Gasteiger partial charge in [-0.25, -0.2) is 4.98 Å². The van der Waals surface area contributed by atoms with Crippen molar-refractivity contribution in [2.45, 2.75) is 59.3 Å². The van der Waals surface area contributed by atoms with Gasteiger partial charge in [-0.15, -0.1) is 0 Å².